The van der Waals surface area contributed by atoms with E-state index in [1.165, 1.54) is 36.4 Å². The first-order valence-electron chi connectivity index (χ1n) is 5.06. The van der Waals surface area contributed by atoms with Crippen molar-refractivity contribution in [2.24, 2.45) is 0 Å². The third kappa shape index (κ3) is 2.33. The van der Waals surface area contributed by atoms with Crippen molar-refractivity contribution in [3.05, 3.63) is 53.7 Å². The van der Waals surface area contributed by atoms with Gasteiger partial charge in [-0.15, -0.1) is 0 Å². The summed E-state index contributed by atoms with van der Waals surface area (Å²) in [6.45, 7) is 0. The number of halogens is 3. The second-order valence-electron chi connectivity index (χ2n) is 3.56. The number of aromatic nitrogens is 1. The van der Waals surface area contributed by atoms with Crippen molar-refractivity contribution in [3.8, 4) is 17.3 Å². The molecule has 90 valence electrons. The average Bonchev–Trinajstić information content (AvgIpc) is 2.38. The summed E-state index contributed by atoms with van der Waals surface area (Å²) in [6.07, 6.45) is -4.44. The summed E-state index contributed by atoms with van der Waals surface area (Å²) < 4.78 is 38.5. The first-order chi connectivity index (χ1) is 8.52. The zero-order valence-electron chi connectivity index (χ0n) is 9.07. The lowest BCUT2D eigenvalue weighted by Crippen LogP contribution is -2.07. The van der Waals surface area contributed by atoms with Crippen molar-refractivity contribution in [2.75, 3.05) is 0 Å². The van der Waals surface area contributed by atoms with Gasteiger partial charge < -0.3 is 0 Å². The molecule has 0 fully saturated rings. The largest absolute Gasteiger partial charge is 0.417 e. The Hall–Kier alpha value is -2.35. The molecule has 0 atom stereocenters. The van der Waals surface area contributed by atoms with Crippen LogP contribution in [0.1, 0.15) is 11.3 Å². The monoisotopic (exact) mass is 248 g/mol. The summed E-state index contributed by atoms with van der Waals surface area (Å²) in [4.78, 5) is 3.87. The Morgan fingerprint density at radius 3 is 2.39 bits per heavy atom. The number of alkyl halides is 3. The van der Waals surface area contributed by atoms with Crippen LogP contribution in [0.15, 0.2) is 42.5 Å². The van der Waals surface area contributed by atoms with E-state index in [-0.39, 0.29) is 17.0 Å². The highest BCUT2D eigenvalue weighted by Crippen LogP contribution is 2.36. The average molecular weight is 248 g/mol. The number of rotatable bonds is 1. The number of pyridine rings is 1. The minimum atomic E-state index is -4.44. The van der Waals surface area contributed by atoms with E-state index in [0.717, 1.165) is 6.07 Å². The van der Waals surface area contributed by atoms with E-state index in [0.29, 0.717) is 0 Å². The minimum Gasteiger partial charge on any atom is -0.237 e. The van der Waals surface area contributed by atoms with Gasteiger partial charge in [-0.25, -0.2) is 4.98 Å². The summed E-state index contributed by atoms with van der Waals surface area (Å²) in [5, 5.41) is 8.70. The van der Waals surface area contributed by atoms with Gasteiger partial charge in [0.15, 0.2) is 0 Å². The van der Waals surface area contributed by atoms with E-state index in [4.69, 9.17) is 5.26 Å². The first-order valence-corrected chi connectivity index (χ1v) is 5.06. The molecule has 0 radical (unpaired) electrons. The molecule has 0 saturated carbocycles. The molecule has 1 aromatic heterocycles. The molecule has 0 amide bonds. The summed E-state index contributed by atoms with van der Waals surface area (Å²) in [5.41, 5.74) is -0.554. The van der Waals surface area contributed by atoms with E-state index in [1.54, 1.807) is 6.07 Å². The summed E-state index contributed by atoms with van der Waals surface area (Å²) >= 11 is 0. The Morgan fingerprint density at radius 2 is 1.72 bits per heavy atom. The van der Waals surface area contributed by atoms with Crippen molar-refractivity contribution in [2.45, 2.75) is 6.18 Å². The third-order valence-corrected chi connectivity index (χ3v) is 2.37. The maximum absolute atomic E-state index is 12.8. The van der Waals surface area contributed by atoms with E-state index in [2.05, 4.69) is 4.98 Å². The quantitative estimate of drug-likeness (QED) is 0.772. The van der Waals surface area contributed by atoms with Crippen LogP contribution in [0.3, 0.4) is 0 Å². The Labute approximate surface area is 101 Å². The SMILES string of the molecule is N#Cc1cccc(-c2ccccc2C(F)(F)F)n1. The van der Waals surface area contributed by atoms with Crippen LogP contribution in [0.4, 0.5) is 13.2 Å². The van der Waals surface area contributed by atoms with Crippen LogP contribution in [0.5, 0.6) is 0 Å². The molecule has 2 nitrogen and oxygen atoms in total. The molecule has 0 bridgehead atoms. The fourth-order valence-corrected chi connectivity index (χ4v) is 1.60. The second-order valence-corrected chi connectivity index (χ2v) is 3.56. The minimum absolute atomic E-state index is 0.0258. The normalized spacial score (nSPS) is 11.0. The lowest BCUT2D eigenvalue weighted by atomic mass is 10.0. The van der Waals surface area contributed by atoms with Crippen molar-refractivity contribution >= 4 is 0 Å². The Balaban J connectivity index is 2.61. The topological polar surface area (TPSA) is 36.7 Å². The molecule has 1 heterocycles. The zero-order chi connectivity index (χ0) is 13.2. The maximum Gasteiger partial charge on any atom is 0.417 e. The van der Waals surface area contributed by atoms with Crippen molar-refractivity contribution in [3.63, 3.8) is 0 Å². The summed E-state index contributed by atoms with van der Waals surface area (Å²) in [5.74, 6) is 0. The van der Waals surface area contributed by atoms with Crippen LogP contribution in [-0.4, -0.2) is 4.98 Å². The fourth-order valence-electron chi connectivity index (χ4n) is 1.60. The first kappa shape index (κ1) is 12.1. The van der Waals surface area contributed by atoms with Gasteiger partial charge in [0.2, 0.25) is 0 Å². The molecule has 5 heteroatoms. The molecule has 18 heavy (non-hydrogen) atoms. The van der Waals surface area contributed by atoms with Crippen LogP contribution < -0.4 is 0 Å². The van der Waals surface area contributed by atoms with Gasteiger partial charge in [-0.2, -0.15) is 18.4 Å². The van der Waals surface area contributed by atoms with Crippen LogP contribution in [0.2, 0.25) is 0 Å². The van der Waals surface area contributed by atoms with Gasteiger partial charge in [-0.1, -0.05) is 24.3 Å². The molecule has 1 aromatic carbocycles. The highest BCUT2D eigenvalue weighted by atomic mass is 19.4. The molecule has 0 aliphatic rings. The van der Waals surface area contributed by atoms with E-state index >= 15 is 0 Å². The Kier molecular flexibility index (Phi) is 3.02. The fraction of sp³-hybridized carbons (Fsp3) is 0.0769. The van der Waals surface area contributed by atoms with Crippen molar-refractivity contribution in [1.82, 2.24) is 4.98 Å². The molecule has 0 saturated heterocycles. The number of hydrogen-bond donors (Lipinski definition) is 0. The van der Waals surface area contributed by atoms with Crippen LogP contribution in [-0.2, 0) is 6.18 Å². The lowest BCUT2D eigenvalue weighted by Gasteiger charge is -2.11. The molecule has 0 spiro atoms. The van der Waals surface area contributed by atoms with Crippen LogP contribution in [0, 0.1) is 11.3 Å². The number of nitriles is 1. The van der Waals surface area contributed by atoms with Gasteiger partial charge in [0, 0.05) is 5.56 Å². The predicted molar refractivity (Wildman–Crippen MR) is 59.4 cm³/mol. The predicted octanol–water partition coefficient (Wildman–Crippen LogP) is 3.64. The number of nitrogens with zero attached hydrogens (tertiary/aromatic N) is 2. The van der Waals surface area contributed by atoms with Gasteiger partial charge in [-0.3, -0.25) is 0 Å². The van der Waals surface area contributed by atoms with Gasteiger partial charge in [0.05, 0.1) is 11.3 Å². The molecular formula is C13H7F3N2. The van der Waals surface area contributed by atoms with E-state index in [1.807, 2.05) is 0 Å². The second kappa shape index (κ2) is 4.49. The molecule has 2 rings (SSSR count). The lowest BCUT2D eigenvalue weighted by molar-refractivity contribution is -0.137. The zero-order valence-corrected chi connectivity index (χ0v) is 9.07. The maximum atomic E-state index is 12.8. The highest BCUT2D eigenvalue weighted by molar-refractivity contribution is 5.64. The van der Waals surface area contributed by atoms with Crippen molar-refractivity contribution < 1.29 is 13.2 Å². The summed E-state index contributed by atoms with van der Waals surface area (Å²) in [6, 6.07) is 11.4. The van der Waals surface area contributed by atoms with Gasteiger partial charge >= 0.3 is 6.18 Å². The van der Waals surface area contributed by atoms with Gasteiger partial charge in [0.25, 0.3) is 0 Å². The van der Waals surface area contributed by atoms with E-state index < -0.39 is 11.7 Å². The molecular weight excluding hydrogens is 241 g/mol. The van der Waals surface area contributed by atoms with E-state index in [9.17, 15) is 13.2 Å². The van der Waals surface area contributed by atoms with Gasteiger partial charge in [-0.05, 0) is 18.2 Å². The Morgan fingerprint density at radius 1 is 1.00 bits per heavy atom. The molecule has 0 unspecified atom stereocenters. The van der Waals surface area contributed by atoms with Crippen molar-refractivity contribution in [1.29, 1.82) is 5.26 Å². The molecule has 0 aliphatic heterocycles. The third-order valence-electron chi connectivity index (χ3n) is 2.37. The van der Waals surface area contributed by atoms with Gasteiger partial charge in [0.1, 0.15) is 11.8 Å². The summed E-state index contributed by atoms with van der Waals surface area (Å²) in [7, 11) is 0. The van der Waals surface area contributed by atoms with Crippen LogP contribution in [0.25, 0.3) is 11.3 Å². The number of benzene rings is 1. The smallest absolute Gasteiger partial charge is 0.237 e. The highest BCUT2D eigenvalue weighted by Gasteiger charge is 2.33. The molecule has 0 aliphatic carbocycles. The Bertz CT molecular complexity index is 612. The number of hydrogen-bond acceptors (Lipinski definition) is 2. The molecule has 2 aromatic rings. The van der Waals surface area contributed by atoms with Crippen LogP contribution >= 0.6 is 0 Å². The standard InChI is InChI=1S/C13H7F3N2/c14-13(15,16)11-6-2-1-5-10(11)12-7-3-4-9(8-17)18-12/h1-7H. The molecule has 0 N–H and O–H groups in total.